The van der Waals surface area contributed by atoms with Gasteiger partial charge in [-0.25, -0.2) is 4.98 Å². The van der Waals surface area contributed by atoms with Crippen molar-refractivity contribution < 1.29 is 9.53 Å². The summed E-state index contributed by atoms with van der Waals surface area (Å²) in [6.07, 6.45) is 1.56. The fourth-order valence-corrected chi connectivity index (χ4v) is 1.66. The predicted octanol–water partition coefficient (Wildman–Crippen LogP) is 1.95. The lowest BCUT2D eigenvalue weighted by atomic mass is 10.2. The van der Waals surface area contributed by atoms with E-state index in [4.69, 9.17) is 10.5 Å². The normalized spacial score (nSPS) is 10.0. The molecule has 0 bridgehead atoms. The first-order valence-electron chi connectivity index (χ1n) is 5.75. The van der Waals surface area contributed by atoms with Gasteiger partial charge in [0.2, 0.25) is 0 Å². The Kier molecular flexibility index (Phi) is 3.66. The van der Waals surface area contributed by atoms with Gasteiger partial charge in [0.05, 0.1) is 19.0 Å². The zero-order valence-electron chi connectivity index (χ0n) is 10.8. The van der Waals surface area contributed by atoms with Gasteiger partial charge < -0.3 is 15.4 Å². The summed E-state index contributed by atoms with van der Waals surface area (Å²) in [6, 6.07) is 10.4. The molecule has 0 atom stereocenters. The average Bonchev–Trinajstić information content (AvgIpc) is 2.46. The zero-order valence-corrected chi connectivity index (χ0v) is 10.8. The minimum Gasteiger partial charge on any atom is -0.497 e. The van der Waals surface area contributed by atoms with Crippen LogP contribution in [0, 0.1) is 0 Å². The zero-order chi connectivity index (χ0) is 13.8. The lowest BCUT2D eigenvalue weighted by Crippen LogP contribution is -2.26. The Morgan fingerprint density at radius 3 is 2.74 bits per heavy atom. The van der Waals surface area contributed by atoms with Crippen molar-refractivity contribution in [2.75, 3.05) is 24.8 Å². The van der Waals surface area contributed by atoms with Crippen LogP contribution in [0.25, 0.3) is 0 Å². The molecule has 5 nitrogen and oxygen atoms in total. The van der Waals surface area contributed by atoms with Gasteiger partial charge in [-0.2, -0.15) is 0 Å². The van der Waals surface area contributed by atoms with Gasteiger partial charge in [-0.05, 0) is 30.3 Å². The Morgan fingerprint density at radius 2 is 2.11 bits per heavy atom. The number of ether oxygens (including phenoxy) is 1. The van der Waals surface area contributed by atoms with Crippen LogP contribution < -0.4 is 15.4 Å². The number of hydrogen-bond acceptors (Lipinski definition) is 4. The molecule has 2 rings (SSSR count). The van der Waals surface area contributed by atoms with Crippen molar-refractivity contribution in [2.24, 2.45) is 0 Å². The van der Waals surface area contributed by atoms with Crippen LogP contribution in [0.3, 0.4) is 0 Å². The van der Waals surface area contributed by atoms with Crippen LogP contribution in [0.2, 0.25) is 0 Å². The van der Waals surface area contributed by atoms with Crippen LogP contribution in [0.5, 0.6) is 5.75 Å². The standard InChI is InChI=1S/C14H15N3O2/c1-17(11-6-7-13(15)16-9-11)14(18)10-4-3-5-12(8-10)19-2/h3-9H,1-2H3,(H2,15,16). The number of pyridine rings is 1. The summed E-state index contributed by atoms with van der Waals surface area (Å²) in [5.74, 6) is 0.936. The van der Waals surface area contributed by atoms with Gasteiger partial charge in [0.1, 0.15) is 11.6 Å². The number of carbonyl (C=O) groups is 1. The molecule has 5 heteroatoms. The van der Waals surface area contributed by atoms with E-state index in [0.717, 1.165) is 0 Å². The van der Waals surface area contributed by atoms with Crippen molar-refractivity contribution in [3.8, 4) is 5.75 Å². The molecule has 0 aliphatic heterocycles. The van der Waals surface area contributed by atoms with E-state index >= 15 is 0 Å². The van der Waals surface area contributed by atoms with Gasteiger partial charge in [0.25, 0.3) is 5.91 Å². The van der Waals surface area contributed by atoms with Crippen LogP contribution in [0.1, 0.15) is 10.4 Å². The number of aromatic nitrogens is 1. The maximum Gasteiger partial charge on any atom is 0.258 e. The Balaban J connectivity index is 2.25. The van der Waals surface area contributed by atoms with E-state index in [1.165, 1.54) is 4.90 Å². The molecule has 0 saturated carbocycles. The minimum absolute atomic E-state index is 0.134. The highest BCUT2D eigenvalue weighted by atomic mass is 16.5. The number of hydrogen-bond donors (Lipinski definition) is 1. The predicted molar refractivity (Wildman–Crippen MR) is 74.4 cm³/mol. The first-order chi connectivity index (χ1) is 9.11. The molecule has 0 fully saturated rings. The van der Waals surface area contributed by atoms with E-state index in [2.05, 4.69) is 4.98 Å². The molecule has 0 aliphatic rings. The molecule has 1 aromatic heterocycles. The molecule has 0 spiro atoms. The third-order valence-electron chi connectivity index (χ3n) is 2.78. The molecule has 0 saturated heterocycles. The second kappa shape index (κ2) is 5.39. The highest BCUT2D eigenvalue weighted by Gasteiger charge is 2.14. The van der Waals surface area contributed by atoms with Gasteiger partial charge in [0, 0.05) is 12.6 Å². The number of methoxy groups -OCH3 is 1. The molecule has 2 aromatic rings. The largest absolute Gasteiger partial charge is 0.497 e. The maximum atomic E-state index is 12.3. The van der Waals surface area contributed by atoms with E-state index in [9.17, 15) is 4.79 Å². The van der Waals surface area contributed by atoms with E-state index < -0.39 is 0 Å². The molecule has 98 valence electrons. The van der Waals surface area contributed by atoms with Crippen LogP contribution >= 0.6 is 0 Å². The molecular weight excluding hydrogens is 242 g/mol. The Labute approximate surface area is 111 Å². The number of rotatable bonds is 3. The SMILES string of the molecule is COc1cccc(C(=O)N(C)c2ccc(N)nc2)c1. The first-order valence-corrected chi connectivity index (χ1v) is 5.75. The quantitative estimate of drug-likeness (QED) is 0.912. The van der Waals surface area contributed by atoms with Gasteiger partial charge in [-0.1, -0.05) is 6.07 Å². The summed E-state index contributed by atoms with van der Waals surface area (Å²) in [5, 5.41) is 0. The molecular formula is C14H15N3O2. The lowest BCUT2D eigenvalue weighted by molar-refractivity contribution is 0.0992. The third kappa shape index (κ3) is 2.82. The number of benzene rings is 1. The molecule has 0 radical (unpaired) electrons. The number of nitrogens with two attached hydrogens (primary N) is 1. The number of anilines is 2. The molecule has 1 heterocycles. The molecule has 1 aromatic carbocycles. The van der Waals surface area contributed by atoms with Gasteiger partial charge in [0.15, 0.2) is 0 Å². The Morgan fingerprint density at radius 1 is 1.32 bits per heavy atom. The first kappa shape index (κ1) is 12.9. The minimum atomic E-state index is -0.134. The van der Waals surface area contributed by atoms with Crippen molar-refractivity contribution >= 4 is 17.4 Å². The summed E-state index contributed by atoms with van der Waals surface area (Å²) in [7, 11) is 3.26. The maximum absolute atomic E-state index is 12.3. The molecule has 2 N–H and O–H groups in total. The summed E-state index contributed by atoms with van der Waals surface area (Å²) in [5.41, 5.74) is 6.76. The fourth-order valence-electron chi connectivity index (χ4n) is 1.66. The number of nitrogen functional groups attached to an aromatic ring is 1. The monoisotopic (exact) mass is 257 g/mol. The number of nitrogens with zero attached hydrogens (tertiary/aromatic N) is 2. The van der Waals surface area contributed by atoms with Crippen LogP contribution in [0.15, 0.2) is 42.6 Å². The van der Waals surface area contributed by atoms with E-state index in [1.54, 1.807) is 56.8 Å². The highest BCUT2D eigenvalue weighted by molar-refractivity contribution is 6.05. The van der Waals surface area contributed by atoms with Crippen molar-refractivity contribution in [1.29, 1.82) is 0 Å². The summed E-state index contributed by atoms with van der Waals surface area (Å²) >= 11 is 0. The molecule has 0 unspecified atom stereocenters. The van der Waals surface area contributed by atoms with Crippen molar-refractivity contribution in [1.82, 2.24) is 4.98 Å². The molecule has 0 aliphatic carbocycles. The van der Waals surface area contributed by atoms with E-state index in [1.807, 2.05) is 0 Å². The van der Waals surface area contributed by atoms with Crippen molar-refractivity contribution in [2.45, 2.75) is 0 Å². The van der Waals surface area contributed by atoms with Crippen LogP contribution in [-0.2, 0) is 0 Å². The second-order valence-corrected chi connectivity index (χ2v) is 4.04. The van der Waals surface area contributed by atoms with Crippen LogP contribution in [-0.4, -0.2) is 25.0 Å². The fraction of sp³-hybridized carbons (Fsp3) is 0.143. The summed E-state index contributed by atoms with van der Waals surface area (Å²) in [4.78, 5) is 17.8. The van der Waals surface area contributed by atoms with Gasteiger partial charge in [-0.15, -0.1) is 0 Å². The lowest BCUT2D eigenvalue weighted by Gasteiger charge is -2.17. The van der Waals surface area contributed by atoms with Gasteiger partial charge in [-0.3, -0.25) is 4.79 Å². The molecule has 1 amide bonds. The van der Waals surface area contributed by atoms with Crippen LogP contribution in [0.4, 0.5) is 11.5 Å². The highest BCUT2D eigenvalue weighted by Crippen LogP contribution is 2.18. The topological polar surface area (TPSA) is 68.5 Å². The van der Waals surface area contributed by atoms with E-state index in [-0.39, 0.29) is 5.91 Å². The van der Waals surface area contributed by atoms with E-state index in [0.29, 0.717) is 22.8 Å². The van der Waals surface area contributed by atoms with Gasteiger partial charge >= 0.3 is 0 Å². The third-order valence-corrected chi connectivity index (χ3v) is 2.78. The Hall–Kier alpha value is -2.56. The smallest absolute Gasteiger partial charge is 0.258 e. The second-order valence-electron chi connectivity index (χ2n) is 4.04. The number of amides is 1. The molecule has 19 heavy (non-hydrogen) atoms. The average molecular weight is 257 g/mol. The summed E-state index contributed by atoms with van der Waals surface area (Å²) in [6.45, 7) is 0. The Bertz CT molecular complexity index is 581. The van der Waals surface area contributed by atoms with Crippen molar-refractivity contribution in [3.05, 3.63) is 48.2 Å². The van der Waals surface area contributed by atoms with Crippen molar-refractivity contribution in [3.63, 3.8) is 0 Å². The summed E-state index contributed by atoms with van der Waals surface area (Å²) < 4.78 is 5.11. The number of carbonyl (C=O) groups excluding carboxylic acids is 1.